The van der Waals surface area contributed by atoms with Gasteiger partial charge in [-0.05, 0) is 36.5 Å². The van der Waals surface area contributed by atoms with Gasteiger partial charge < -0.3 is 10.2 Å². The largest absolute Gasteiger partial charge is 0.351 e. The van der Waals surface area contributed by atoms with Crippen molar-refractivity contribution in [1.82, 2.24) is 24.8 Å². The Morgan fingerprint density at radius 3 is 2.68 bits per heavy atom. The quantitative estimate of drug-likeness (QED) is 0.609. The Morgan fingerprint density at radius 1 is 1.19 bits per heavy atom. The van der Waals surface area contributed by atoms with Crippen molar-refractivity contribution in [3.63, 3.8) is 0 Å². The number of benzene rings is 1. The van der Waals surface area contributed by atoms with E-state index in [9.17, 15) is 14.0 Å². The molecule has 1 aliphatic carbocycles. The van der Waals surface area contributed by atoms with E-state index in [0.717, 1.165) is 37.2 Å². The van der Waals surface area contributed by atoms with Crippen LogP contribution in [-0.4, -0.2) is 37.3 Å². The molecule has 1 atom stereocenters. The van der Waals surface area contributed by atoms with Gasteiger partial charge in [-0.2, -0.15) is 0 Å². The average Bonchev–Trinajstić information content (AvgIpc) is 3.49. The van der Waals surface area contributed by atoms with Gasteiger partial charge in [-0.3, -0.25) is 14.6 Å². The monoisotopic (exact) mass is 439 g/mol. The van der Waals surface area contributed by atoms with E-state index in [1.54, 1.807) is 42.7 Å². The van der Waals surface area contributed by atoms with E-state index >= 15 is 0 Å². The van der Waals surface area contributed by atoms with Crippen LogP contribution in [0.4, 0.5) is 4.39 Å². The highest BCUT2D eigenvalue weighted by atomic mass is 32.1. The second kappa shape index (κ2) is 9.74. The fourth-order valence-corrected chi connectivity index (χ4v) is 4.29. The summed E-state index contributed by atoms with van der Waals surface area (Å²) < 4.78 is 18.2. The van der Waals surface area contributed by atoms with E-state index in [4.69, 9.17) is 0 Å². The molecule has 0 bridgehead atoms. The van der Waals surface area contributed by atoms with Crippen LogP contribution in [0.5, 0.6) is 0 Å². The summed E-state index contributed by atoms with van der Waals surface area (Å²) in [7, 11) is 0. The molecule has 1 N–H and O–H groups in total. The zero-order valence-electron chi connectivity index (χ0n) is 16.8. The van der Waals surface area contributed by atoms with Gasteiger partial charge in [0.1, 0.15) is 11.9 Å². The first-order valence-corrected chi connectivity index (χ1v) is 11.0. The smallest absolute Gasteiger partial charge is 0.276 e. The van der Waals surface area contributed by atoms with Crippen LogP contribution in [0.25, 0.3) is 0 Å². The molecule has 1 saturated carbocycles. The normalized spacial score (nSPS) is 14.9. The molecule has 3 aromatic rings. The lowest BCUT2D eigenvalue weighted by Gasteiger charge is -2.31. The fraction of sp³-hybridized carbons (Fsp3) is 0.318. The Morgan fingerprint density at radius 2 is 2.00 bits per heavy atom. The van der Waals surface area contributed by atoms with Crippen molar-refractivity contribution in [3.8, 4) is 0 Å². The Kier molecular flexibility index (Phi) is 6.61. The van der Waals surface area contributed by atoms with Crippen LogP contribution >= 0.6 is 11.5 Å². The molecule has 0 radical (unpaired) electrons. The Balaban J connectivity index is 1.73. The van der Waals surface area contributed by atoms with Crippen molar-refractivity contribution in [3.05, 3.63) is 76.8 Å². The summed E-state index contributed by atoms with van der Waals surface area (Å²) in [4.78, 5) is 32.3. The predicted molar refractivity (Wildman–Crippen MR) is 114 cm³/mol. The first-order chi connectivity index (χ1) is 15.1. The summed E-state index contributed by atoms with van der Waals surface area (Å²) in [6, 6.07) is 8.75. The molecule has 7 nitrogen and oxygen atoms in total. The van der Waals surface area contributed by atoms with Gasteiger partial charge in [0.2, 0.25) is 5.91 Å². The fourth-order valence-electron chi connectivity index (χ4n) is 3.86. The average molecular weight is 440 g/mol. The molecule has 2 aromatic heterocycles. The molecule has 0 aliphatic heterocycles. The molecule has 1 aliphatic rings. The van der Waals surface area contributed by atoms with Gasteiger partial charge in [-0.15, -0.1) is 5.10 Å². The number of carbonyl (C=O) groups excluding carboxylic acids is 2. The van der Waals surface area contributed by atoms with Gasteiger partial charge in [0, 0.05) is 34.9 Å². The SMILES string of the molecule is O=C(NC1CCCC1)[C@H](c1cccnc1)N(Cc1ccccc1F)C(=O)c1csnn1. The molecule has 160 valence electrons. The molecule has 31 heavy (non-hydrogen) atoms. The Labute approximate surface area is 183 Å². The second-order valence-electron chi connectivity index (χ2n) is 7.49. The second-order valence-corrected chi connectivity index (χ2v) is 8.10. The van der Waals surface area contributed by atoms with Gasteiger partial charge in [0.25, 0.3) is 5.91 Å². The molecule has 4 rings (SSSR count). The highest BCUT2D eigenvalue weighted by molar-refractivity contribution is 7.03. The van der Waals surface area contributed by atoms with E-state index in [1.165, 1.54) is 16.3 Å². The van der Waals surface area contributed by atoms with Gasteiger partial charge in [-0.25, -0.2) is 4.39 Å². The number of hydrogen-bond acceptors (Lipinski definition) is 6. The van der Waals surface area contributed by atoms with Gasteiger partial charge in [0.15, 0.2) is 5.69 Å². The molecule has 1 fully saturated rings. The van der Waals surface area contributed by atoms with Crippen LogP contribution in [0.15, 0.2) is 54.2 Å². The van der Waals surface area contributed by atoms with Crippen LogP contribution < -0.4 is 5.32 Å². The Bertz CT molecular complexity index is 1030. The lowest BCUT2D eigenvalue weighted by atomic mass is 10.0. The number of hydrogen-bond donors (Lipinski definition) is 1. The lowest BCUT2D eigenvalue weighted by Crippen LogP contribution is -2.46. The van der Waals surface area contributed by atoms with Crippen molar-refractivity contribution >= 4 is 23.3 Å². The third kappa shape index (κ3) is 4.93. The van der Waals surface area contributed by atoms with E-state index in [-0.39, 0.29) is 24.2 Å². The first kappa shape index (κ1) is 21.0. The van der Waals surface area contributed by atoms with Crippen molar-refractivity contribution in [2.45, 2.75) is 44.3 Å². The first-order valence-electron chi connectivity index (χ1n) is 10.1. The maximum absolute atomic E-state index is 14.5. The maximum atomic E-state index is 14.5. The minimum absolute atomic E-state index is 0.0676. The zero-order chi connectivity index (χ0) is 21.6. The van der Waals surface area contributed by atoms with Gasteiger partial charge in [0.05, 0.1) is 6.54 Å². The molecule has 0 unspecified atom stereocenters. The lowest BCUT2D eigenvalue weighted by molar-refractivity contribution is -0.126. The summed E-state index contributed by atoms with van der Waals surface area (Å²) in [5.41, 5.74) is 0.969. The van der Waals surface area contributed by atoms with Crippen LogP contribution in [0.1, 0.15) is 53.3 Å². The topological polar surface area (TPSA) is 88.1 Å². The number of aromatic nitrogens is 3. The summed E-state index contributed by atoms with van der Waals surface area (Å²) in [6.45, 7) is -0.0965. The van der Waals surface area contributed by atoms with Crippen LogP contribution in [0, 0.1) is 5.82 Å². The van der Waals surface area contributed by atoms with E-state index in [1.807, 2.05) is 0 Å². The number of carbonyl (C=O) groups is 2. The molecule has 2 amide bonds. The van der Waals surface area contributed by atoms with Crippen molar-refractivity contribution in [2.24, 2.45) is 0 Å². The maximum Gasteiger partial charge on any atom is 0.276 e. The highest BCUT2D eigenvalue weighted by Crippen LogP contribution is 2.27. The van der Waals surface area contributed by atoms with Crippen molar-refractivity contribution in [1.29, 1.82) is 0 Å². The number of halogens is 1. The van der Waals surface area contributed by atoms with E-state index in [2.05, 4.69) is 19.9 Å². The third-order valence-electron chi connectivity index (χ3n) is 5.40. The molecule has 0 saturated heterocycles. The standard InChI is InChI=1S/C22H22FN5O2S/c23-18-10-4-1-6-16(18)13-28(22(30)19-14-31-27-26-19)20(15-7-5-11-24-12-15)21(29)25-17-8-2-3-9-17/h1,4-7,10-12,14,17,20H,2-3,8-9,13H2,(H,25,29)/t20-/m0/s1. The summed E-state index contributed by atoms with van der Waals surface area (Å²) in [5.74, 6) is -1.25. The van der Waals surface area contributed by atoms with E-state index < -0.39 is 17.8 Å². The minimum Gasteiger partial charge on any atom is -0.351 e. The predicted octanol–water partition coefficient (Wildman–Crippen LogP) is 3.51. The molecular weight excluding hydrogens is 417 g/mol. The summed E-state index contributed by atoms with van der Waals surface area (Å²) in [5, 5.41) is 8.47. The van der Waals surface area contributed by atoms with Crippen LogP contribution in [0.2, 0.25) is 0 Å². The van der Waals surface area contributed by atoms with Crippen molar-refractivity contribution in [2.75, 3.05) is 0 Å². The molecule has 1 aromatic carbocycles. The van der Waals surface area contributed by atoms with Crippen molar-refractivity contribution < 1.29 is 14.0 Å². The molecular formula is C22H22FN5O2S. The summed E-state index contributed by atoms with van der Waals surface area (Å²) in [6.07, 6.45) is 7.09. The number of pyridine rings is 1. The summed E-state index contributed by atoms with van der Waals surface area (Å²) >= 11 is 1.04. The van der Waals surface area contributed by atoms with Gasteiger partial charge >= 0.3 is 0 Å². The number of amides is 2. The minimum atomic E-state index is -0.983. The number of nitrogens with zero attached hydrogens (tertiary/aromatic N) is 4. The van der Waals surface area contributed by atoms with Crippen LogP contribution in [-0.2, 0) is 11.3 Å². The molecule has 0 spiro atoms. The highest BCUT2D eigenvalue weighted by Gasteiger charge is 2.35. The third-order valence-corrected chi connectivity index (χ3v) is 5.90. The van der Waals surface area contributed by atoms with Gasteiger partial charge in [-0.1, -0.05) is 41.6 Å². The molecule has 2 heterocycles. The number of nitrogens with one attached hydrogen (secondary N) is 1. The van der Waals surface area contributed by atoms with Crippen LogP contribution in [0.3, 0.4) is 0 Å². The van der Waals surface area contributed by atoms with E-state index in [0.29, 0.717) is 11.1 Å². The zero-order valence-corrected chi connectivity index (χ0v) is 17.6. The number of rotatable bonds is 7. The Hall–Kier alpha value is -3.20. The molecule has 9 heteroatoms.